The Kier molecular flexibility index (Phi) is 5.17. The Hall–Kier alpha value is -1.62. The molecule has 6 heteroatoms. The van der Waals surface area contributed by atoms with Gasteiger partial charge in [-0.2, -0.15) is 0 Å². The number of carbonyl (C=O) groups is 1. The van der Waals surface area contributed by atoms with Crippen LogP contribution in [0.25, 0.3) is 0 Å². The lowest BCUT2D eigenvalue weighted by atomic mass is 10.1. The number of anilines is 1. The number of amides is 1. The maximum absolute atomic E-state index is 13.1. The van der Waals surface area contributed by atoms with Gasteiger partial charge in [-0.15, -0.1) is 0 Å². The van der Waals surface area contributed by atoms with Crippen LogP contribution in [0.5, 0.6) is 0 Å². The quantitative estimate of drug-likeness (QED) is 0.901. The Morgan fingerprint density at radius 2 is 1.76 bits per heavy atom. The highest BCUT2D eigenvalue weighted by atomic mass is 35.5. The second-order valence-corrected chi connectivity index (χ2v) is 5.34. The summed E-state index contributed by atoms with van der Waals surface area (Å²) in [5.41, 5.74) is 6.96. The minimum Gasteiger partial charge on any atom is -0.322 e. The highest BCUT2D eigenvalue weighted by molar-refractivity contribution is 6.39. The second kappa shape index (κ2) is 6.89. The molecule has 0 aromatic heterocycles. The number of halogens is 3. The molecule has 2 rings (SSSR count). The third-order valence-corrected chi connectivity index (χ3v) is 3.49. The van der Waals surface area contributed by atoms with E-state index in [4.69, 9.17) is 28.9 Å². The van der Waals surface area contributed by atoms with Crippen LogP contribution < -0.4 is 11.1 Å². The molecule has 0 bridgehead atoms. The maximum Gasteiger partial charge on any atom is 0.241 e. The van der Waals surface area contributed by atoms with Gasteiger partial charge >= 0.3 is 0 Å². The van der Waals surface area contributed by atoms with Crippen molar-refractivity contribution in [3.8, 4) is 0 Å². The maximum atomic E-state index is 13.1. The summed E-state index contributed by atoms with van der Waals surface area (Å²) >= 11 is 11.7. The lowest BCUT2D eigenvalue weighted by molar-refractivity contribution is -0.117. The van der Waals surface area contributed by atoms with Gasteiger partial charge in [0.25, 0.3) is 0 Å². The van der Waals surface area contributed by atoms with Gasteiger partial charge < -0.3 is 11.1 Å². The number of carbonyl (C=O) groups excluding carboxylic acids is 1. The Labute approximate surface area is 131 Å². The largest absolute Gasteiger partial charge is 0.322 e. The van der Waals surface area contributed by atoms with Gasteiger partial charge in [0, 0.05) is 0 Å². The molecule has 110 valence electrons. The van der Waals surface area contributed by atoms with E-state index in [9.17, 15) is 9.18 Å². The van der Waals surface area contributed by atoms with Crippen molar-refractivity contribution in [3.63, 3.8) is 0 Å². The molecule has 21 heavy (non-hydrogen) atoms. The van der Waals surface area contributed by atoms with Crippen LogP contribution in [0, 0.1) is 5.82 Å². The monoisotopic (exact) mass is 326 g/mol. The number of hydrogen-bond acceptors (Lipinski definition) is 2. The van der Waals surface area contributed by atoms with Crippen LogP contribution in [0.15, 0.2) is 42.5 Å². The van der Waals surface area contributed by atoms with Crippen LogP contribution in [-0.2, 0) is 11.2 Å². The third-order valence-electron chi connectivity index (χ3n) is 2.89. The lowest BCUT2D eigenvalue weighted by Gasteiger charge is -2.14. The first-order valence-corrected chi connectivity index (χ1v) is 6.98. The first kappa shape index (κ1) is 15.8. The van der Waals surface area contributed by atoms with Crippen molar-refractivity contribution in [2.45, 2.75) is 12.5 Å². The molecule has 2 aromatic carbocycles. The van der Waals surface area contributed by atoms with Gasteiger partial charge in [-0.25, -0.2) is 4.39 Å². The van der Waals surface area contributed by atoms with Crippen molar-refractivity contribution in [1.82, 2.24) is 0 Å². The van der Waals surface area contributed by atoms with E-state index >= 15 is 0 Å². The van der Waals surface area contributed by atoms with E-state index in [1.54, 1.807) is 0 Å². The topological polar surface area (TPSA) is 55.1 Å². The molecule has 0 aliphatic heterocycles. The SMILES string of the molecule is N[C@H](Cc1ccccc1)C(=O)Nc1c(Cl)cc(F)cc1Cl. The van der Waals surface area contributed by atoms with E-state index in [1.165, 1.54) is 0 Å². The van der Waals surface area contributed by atoms with Gasteiger partial charge in [0.1, 0.15) is 5.82 Å². The number of nitrogens with one attached hydrogen (secondary N) is 1. The summed E-state index contributed by atoms with van der Waals surface area (Å²) in [6, 6.07) is 10.8. The normalized spacial score (nSPS) is 12.0. The summed E-state index contributed by atoms with van der Waals surface area (Å²) in [4.78, 5) is 12.1. The summed E-state index contributed by atoms with van der Waals surface area (Å²) in [5.74, 6) is -1.01. The van der Waals surface area contributed by atoms with Crippen molar-refractivity contribution >= 4 is 34.8 Å². The van der Waals surface area contributed by atoms with Gasteiger partial charge in [-0.05, 0) is 24.1 Å². The number of hydrogen-bond donors (Lipinski definition) is 2. The highest BCUT2D eigenvalue weighted by Crippen LogP contribution is 2.31. The molecular formula is C15H13Cl2FN2O. The van der Waals surface area contributed by atoms with Crippen LogP contribution in [0.2, 0.25) is 10.0 Å². The molecule has 1 atom stereocenters. The molecule has 3 nitrogen and oxygen atoms in total. The van der Waals surface area contributed by atoms with E-state index in [-0.39, 0.29) is 15.7 Å². The van der Waals surface area contributed by atoms with Crippen molar-refractivity contribution in [3.05, 3.63) is 63.9 Å². The van der Waals surface area contributed by atoms with E-state index in [0.717, 1.165) is 17.7 Å². The molecule has 0 spiro atoms. The van der Waals surface area contributed by atoms with Gasteiger partial charge in [-0.3, -0.25) is 4.79 Å². The number of nitrogens with two attached hydrogens (primary N) is 1. The predicted octanol–water partition coefficient (Wildman–Crippen LogP) is 3.64. The fourth-order valence-corrected chi connectivity index (χ4v) is 2.39. The molecule has 0 heterocycles. The fraction of sp³-hybridized carbons (Fsp3) is 0.133. The summed E-state index contributed by atoms with van der Waals surface area (Å²) in [5, 5.41) is 2.59. The zero-order valence-electron chi connectivity index (χ0n) is 10.9. The first-order valence-electron chi connectivity index (χ1n) is 6.22. The van der Waals surface area contributed by atoms with Crippen LogP contribution in [-0.4, -0.2) is 11.9 Å². The molecule has 1 amide bonds. The van der Waals surface area contributed by atoms with E-state index in [1.807, 2.05) is 30.3 Å². The molecule has 0 unspecified atom stereocenters. The predicted molar refractivity (Wildman–Crippen MR) is 83.2 cm³/mol. The molecule has 2 aromatic rings. The van der Waals surface area contributed by atoms with Gasteiger partial charge in [-0.1, -0.05) is 53.5 Å². The Balaban J connectivity index is 2.08. The zero-order chi connectivity index (χ0) is 15.4. The molecular weight excluding hydrogens is 314 g/mol. The fourth-order valence-electron chi connectivity index (χ4n) is 1.84. The Morgan fingerprint density at radius 1 is 1.19 bits per heavy atom. The van der Waals surface area contributed by atoms with Crippen LogP contribution in [0.1, 0.15) is 5.56 Å². The average Bonchev–Trinajstić information content (AvgIpc) is 2.43. The summed E-state index contributed by atoms with van der Waals surface area (Å²) in [6.07, 6.45) is 0.378. The van der Waals surface area contributed by atoms with Crippen molar-refractivity contribution < 1.29 is 9.18 Å². The van der Waals surface area contributed by atoms with E-state index in [0.29, 0.717) is 6.42 Å². The van der Waals surface area contributed by atoms with E-state index in [2.05, 4.69) is 5.32 Å². The molecule has 0 aliphatic rings. The molecule has 3 N–H and O–H groups in total. The summed E-state index contributed by atoms with van der Waals surface area (Å²) in [7, 11) is 0. The van der Waals surface area contributed by atoms with Crippen molar-refractivity contribution in [1.29, 1.82) is 0 Å². The Bertz CT molecular complexity index is 626. The van der Waals surface area contributed by atoms with Crippen LogP contribution >= 0.6 is 23.2 Å². The third kappa shape index (κ3) is 4.17. The number of rotatable bonds is 4. The molecule has 0 aliphatic carbocycles. The summed E-state index contributed by atoms with van der Waals surface area (Å²) < 4.78 is 13.1. The molecule has 0 saturated heterocycles. The zero-order valence-corrected chi connectivity index (χ0v) is 12.5. The van der Waals surface area contributed by atoms with Crippen molar-refractivity contribution in [2.24, 2.45) is 5.73 Å². The first-order chi connectivity index (χ1) is 9.97. The van der Waals surface area contributed by atoms with Crippen LogP contribution in [0.4, 0.5) is 10.1 Å². The van der Waals surface area contributed by atoms with E-state index < -0.39 is 17.8 Å². The average molecular weight is 327 g/mol. The van der Waals surface area contributed by atoms with Gasteiger partial charge in [0.2, 0.25) is 5.91 Å². The highest BCUT2D eigenvalue weighted by Gasteiger charge is 2.17. The molecule has 0 fully saturated rings. The van der Waals surface area contributed by atoms with Crippen LogP contribution in [0.3, 0.4) is 0 Å². The Morgan fingerprint density at radius 3 is 2.33 bits per heavy atom. The number of benzene rings is 2. The van der Waals surface area contributed by atoms with Gasteiger partial charge in [0.05, 0.1) is 21.8 Å². The summed E-state index contributed by atoms with van der Waals surface area (Å²) in [6.45, 7) is 0. The van der Waals surface area contributed by atoms with Gasteiger partial charge in [0.15, 0.2) is 0 Å². The van der Waals surface area contributed by atoms with Crippen molar-refractivity contribution in [2.75, 3.05) is 5.32 Å². The standard InChI is InChI=1S/C15H13Cl2FN2O/c16-11-7-10(18)8-12(17)14(11)20-15(21)13(19)6-9-4-2-1-3-5-9/h1-5,7-8,13H,6,19H2,(H,20,21)/t13-/m1/s1. The molecule has 0 radical (unpaired) electrons. The molecule has 0 saturated carbocycles. The smallest absolute Gasteiger partial charge is 0.241 e. The minimum absolute atomic E-state index is 0.0280. The minimum atomic E-state index is -0.760. The lowest BCUT2D eigenvalue weighted by Crippen LogP contribution is -2.37. The second-order valence-electron chi connectivity index (χ2n) is 4.53.